The molecule has 1 aromatic carbocycles. The highest BCUT2D eigenvalue weighted by Gasteiger charge is 2.19. The van der Waals surface area contributed by atoms with Crippen molar-refractivity contribution in [3.05, 3.63) is 71.5 Å². The van der Waals surface area contributed by atoms with Crippen LogP contribution >= 0.6 is 0 Å². The molecule has 0 bridgehead atoms. The van der Waals surface area contributed by atoms with Crippen LogP contribution in [0.25, 0.3) is 0 Å². The number of carbonyl (C=O) groups excluding carboxylic acids is 1. The van der Waals surface area contributed by atoms with E-state index in [9.17, 15) is 18.7 Å². The summed E-state index contributed by atoms with van der Waals surface area (Å²) < 4.78 is 30.7. The number of hydrogen-bond acceptors (Lipinski definition) is 8. The van der Waals surface area contributed by atoms with Crippen molar-refractivity contribution in [2.45, 2.75) is 26.0 Å². The summed E-state index contributed by atoms with van der Waals surface area (Å²) in [4.78, 5) is 19.3. The maximum Gasteiger partial charge on any atom is 0.280 e. The summed E-state index contributed by atoms with van der Waals surface area (Å²) in [6.07, 6.45) is -1.27. The van der Waals surface area contributed by atoms with E-state index in [1.54, 1.807) is 19.1 Å². The number of amides is 1. The molecule has 2 N–H and O–H groups in total. The second-order valence-electron chi connectivity index (χ2n) is 8.40. The predicted octanol–water partition coefficient (Wildman–Crippen LogP) is 3.20. The summed E-state index contributed by atoms with van der Waals surface area (Å²) in [6.45, 7) is 4.54. The van der Waals surface area contributed by atoms with E-state index < -0.39 is 6.43 Å². The number of nitrogens with zero attached hydrogens (tertiary/aromatic N) is 5. The minimum Gasteiger partial charge on any atom is -0.472 e. The van der Waals surface area contributed by atoms with Crippen molar-refractivity contribution in [2.75, 3.05) is 43.0 Å². The predicted molar refractivity (Wildman–Crippen MR) is 130 cm³/mol. The van der Waals surface area contributed by atoms with Gasteiger partial charge in [-0.3, -0.25) is 9.78 Å². The third kappa shape index (κ3) is 6.42. The van der Waals surface area contributed by atoms with Gasteiger partial charge in [0, 0.05) is 56.6 Å². The van der Waals surface area contributed by atoms with Crippen LogP contribution in [0.5, 0.6) is 5.88 Å². The van der Waals surface area contributed by atoms with Crippen LogP contribution in [0.3, 0.4) is 0 Å². The average molecular weight is 499 g/mol. The number of alkyl halides is 2. The third-order valence-corrected chi connectivity index (χ3v) is 5.99. The topological polar surface area (TPSA) is 104 Å². The average Bonchev–Trinajstić information content (AvgIpc) is 2.91. The van der Waals surface area contributed by atoms with E-state index in [4.69, 9.17) is 4.74 Å². The molecule has 1 amide bonds. The smallest absolute Gasteiger partial charge is 0.280 e. The van der Waals surface area contributed by atoms with E-state index in [0.29, 0.717) is 24.5 Å². The number of benzene rings is 1. The molecule has 4 rings (SSSR count). The minimum atomic E-state index is -2.61. The van der Waals surface area contributed by atoms with E-state index in [1.807, 2.05) is 29.2 Å². The van der Waals surface area contributed by atoms with Crippen LogP contribution in [0, 0.1) is 0 Å². The molecular weight excluding hydrogens is 470 g/mol. The first-order valence-corrected chi connectivity index (χ1v) is 11.6. The van der Waals surface area contributed by atoms with Crippen LogP contribution < -0.4 is 15.0 Å². The molecule has 1 saturated heterocycles. The molecule has 36 heavy (non-hydrogen) atoms. The highest BCUT2D eigenvalue weighted by Crippen LogP contribution is 2.23. The Hall–Kier alpha value is -3.86. The number of aromatic nitrogens is 3. The highest BCUT2D eigenvalue weighted by molar-refractivity contribution is 5.73. The van der Waals surface area contributed by atoms with Crippen molar-refractivity contribution in [2.24, 2.45) is 0 Å². The van der Waals surface area contributed by atoms with Crippen LogP contribution in [0.4, 0.5) is 20.3 Å². The second-order valence-corrected chi connectivity index (χ2v) is 8.40. The van der Waals surface area contributed by atoms with Gasteiger partial charge in [-0.25, -0.2) is 8.78 Å². The number of anilines is 2. The van der Waals surface area contributed by atoms with Crippen LogP contribution in [0.15, 0.2) is 54.7 Å². The molecule has 1 aliphatic heterocycles. The van der Waals surface area contributed by atoms with Crippen molar-refractivity contribution in [3.8, 4) is 5.88 Å². The monoisotopic (exact) mass is 498 g/mol. The lowest BCUT2D eigenvalue weighted by Gasteiger charge is -2.35. The van der Waals surface area contributed by atoms with E-state index >= 15 is 0 Å². The molecule has 0 radical (unpaired) electrons. The maximum absolute atomic E-state index is 12.6. The number of rotatable bonds is 9. The Kier molecular flexibility index (Phi) is 8.21. The summed E-state index contributed by atoms with van der Waals surface area (Å²) >= 11 is 0. The first-order chi connectivity index (χ1) is 17.4. The fourth-order valence-corrected chi connectivity index (χ4v) is 3.89. The SMILES string of the molecule is CC(=O)N1CCN(c2ccc([C@@H](CO)Nc3ccc(OCc4ccc(C(F)F)nc4)nn3)cc2)CC1. The van der Waals surface area contributed by atoms with Crippen molar-refractivity contribution >= 4 is 17.4 Å². The number of pyridine rings is 1. The quantitative estimate of drug-likeness (QED) is 0.464. The van der Waals surface area contributed by atoms with Gasteiger partial charge in [-0.15, -0.1) is 10.2 Å². The first-order valence-electron chi connectivity index (χ1n) is 11.6. The largest absolute Gasteiger partial charge is 0.472 e. The fraction of sp³-hybridized carbons (Fsp3) is 0.360. The van der Waals surface area contributed by atoms with Crippen LogP contribution in [-0.4, -0.2) is 63.9 Å². The Morgan fingerprint density at radius 2 is 1.81 bits per heavy atom. The summed E-state index contributed by atoms with van der Waals surface area (Å²) in [6, 6.07) is 13.7. The van der Waals surface area contributed by atoms with E-state index in [-0.39, 0.29) is 36.7 Å². The van der Waals surface area contributed by atoms with Gasteiger partial charge in [0.05, 0.1) is 12.6 Å². The molecule has 0 spiro atoms. The summed E-state index contributed by atoms with van der Waals surface area (Å²) in [7, 11) is 0. The lowest BCUT2D eigenvalue weighted by molar-refractivity contribution is -0.129. The van der Waals surface area contributed by atoms with Gasteiger partial charge in [0.15, 0.2) is 0 Å². The molecule has 0 aliphatic carbocycles. The number of hydrogen-bond donors (Lipinski definition) is 2. The van der Waals surface area contributed by atoms with Gasteiger partial charge in [-0.1, -0.05) is 18.2 Å². The van der Waals surface area contributed by atoms with Gasteiger partial charge in [-0.2, -0.15) is 0 Å². The van der Waals surface area contributed by atoms with Gasteiger partial charge >= 0.3 is 0 Å². The molecule has 0 saturated carbocycles. The highest BCUT2D eigenvalue weighted by atomic mass is 19.3. The molecule has 2 aromatic heterocycles. The fourth-order valence-electron chi connectivity index (χ4n) is 3.89. The molecule has 9 nitrogen and oxygen atoms in total. The summed E-state index contributed by atoms with van der Waals surface area (Å²) in [5.41, 5.74) is 2.31. The molecule has 1 fully saturated rings. The standard InChI is InChI=1S/C25H28F2N6O3/c1-17(35)32-10-12-33(13-11-32)20-5-3-19(4-6-20)22(15-34)29-23-8-9-24(31-30-23)36-16-18-2-7-21(25(26)27)28-14-18/h2-9,14,22,25,34H,10-13,15-16H2,1H3,(H,29,30)/t22-/m1/s1. The zero-order valence-corrected chi connectivity index (χ0v) is 19.8. The first kappa shape index (κ1) is 25.2. The van der Waals surface area contributed by atoms with Crippen LogP contribution in [-0.2, 0) is 11.4 Å². The molecule has 0 unspecified atom stereocenters. The van der Waals surface area contributed by atoms with Crippen molar-refractivity contribution in [1.29, 1.82) is 0 Å². The van der Waals surface area contributed by atoms with Crippen LogP contribution in [0.2, 0.25) is 0 Å². The minimum absolute atomic E-state index is 0.101. The zero-order chi connectivity index (χ0) is 25.5. The second kappa shape index (κ2) is 11.7. The van der Waals surface area contributed by atoms with Crippen molar-refractivity contribution < 1.29 is 23.4 Å². The number of piperazine rings is 1. The lowest BCUT2D eigenvalue weighted by atomic mass is 10.1. The van der Waals surface area contributed by atoms with Gasteiger partial charge in [0.25, 0.3) is 6.43 Å². The number of halogens is 2. The lowest BCUT2D eigenvalue weighted by Crippen LogP contribution is -2.48. The number of aliphatic hydroxyl groups is 1. The molecule has 11 heteroatoms. The molecule has 1 aliphatic rings. The molecule has 3 aromatic rings. The maximum atomic E-state index is 12.6. The number of aliphatic hydroxyl groups excluding tert-OH is 1. The summed E-state index contributed by atoms with van der Waals surface area (Å²) in [5, 5.41) is 21.2. The Bertz CT molecular complexity index is 1120. The van der Waals surface area contributed by atoms with E-state index in [2.05, 4.69) is 25.4 Å². The Morgan fingerprint density at radius 1 is 1.06 bits per heavy atom. The molecular formula is C25H28F2N6O3. The number of nitrogens with one attached hydrogen (secondary N) is 1. The van der Waals surface area contributed by atoms with E-state index in [1.165, 1.54) is 18.3 Å². The Morgan fingerprint density at radius 3 is 2.36 bits per heavy atom. The van der Waals surface area contributed by atoms with Gasteiger partial charge in [-0.05, 0) is 29.8 Å². The number of ether oxygens (including phenoxy) is 1. The molecule has 3 heterocycles. The third-order valence-electron chi connectivity index (χ3n) is 5.99. The molecule has 1 atom stereocenters. The van der Waals surface area contributed by atoms with Gasteiger partial charge in [0.1, 0.15) is 18.1 Å². The van der Waals surface area contributed by atoms with Crippen molar-refractivity contribution in [1.82, 2.24) is 20.1 Å². The normalized spacial score (nSPS) is 14.6. The Labute approximate surface area is 207 Å². The Balaban J connectivity index is 1.30. The van der Waals surface area contributed by atoms with E-state index in [0.717, 1.165) is 24.3 Å². The van der Waals surface area contributed by atoms with Gasteiger partial charge < -0.3 is 25.0 Å². The number of carbonyl (C=O) groups is 1. The molecule has 190 valence electrons. The van der Waals surface area contributed by atoms with Crippen molar-refractivity contribution in [3.63, 3.8) is 0 Å². The van der Waals surface area contributed by atoms with Gasteiger partial charge in [0.2, 0.25) is 11.8 Å². The van der Waals surface area contributed by atoms with Crippen LogP contribution in [0.1, 0.15) is 36.2 Å². The zero-order valence-electron chi connectivity index (χ0n) is 19.8. The summed E-state index contributed by atoms with van der Waals surface area (Å²) in [5.74, 6) is 0.839.